The van der Waals surface area contributed by atoms with Crippen molar-refractivity contribution in [3.8, 4) is 0 Å². The van der Waals surface area contributed by atoms with Gasteiger partial charge in [0.25, 0.3) is 0 Å². The zero-order valence-electron chi connectivity index (χ0n) is 11.7. The maximum absolute atomic E-state index is 13.6. The largest absolute Gasteiger partial charge is 0.333 e. The Balaban J connectivity index is 2.41. The normalized spacial score (nSPS) is 12.6. The minimum Gasteiger partial charge on any atom is -0.333 e. The lowest BCUT2D eigenvalue weighted by atomic mass is 10.1. The van der Waals surface area contributed by atoms with E-state index in [4.69, 9.17) is 0 Å². The molecule has 0 fully saturated rings. The third-order valence-corrected chi connectivity index (χ3v) is 3.55. The van der Waals surface area contributed by atoms with E-state index < -0.39 is 0 Å². The van der Waals surface area contributed by atoms with Crippen LogP contribution in [0.15, 0.2) is 35.1 Å². The first kappa shape index (κ1) is 15.2. The van der Waals surface area contributed by atoms with Crippen LogP contribution >= 0.6 is 15.9 Å². The van der Waals surface area contributed by atoms with Crippen LogP contribution in [-0.4, -0.2) is 16.1 Å². The van der Waals surface area contributed by atoms with Crippen molar-refractivity contribution in [2.24, 2.45) is 0 Å². The minimum atomic E-state index is -0.245. The van der Waals surface area contributed by atoms with Crippen molar-refractivity contribution in [3.05, 3.63) is 52.3 Å². The molecular weight excluding hydrogens is 321 g/mol. The molecule has 0 radical (unpaired) electrons. The molecular formula is C15H19BrFN3. The molecule has 0 saturated heterocycles. The average molecular weight is 340 g/mol. The lowest BCUT2D eigenvalue weighted by Gasteiger charge is -2.20. The van der Waals surface area contributed by atoms with Crippen molar-refractivity contribution in [1.82, 2.24) is 14.9 Å². The number of benzene rings is 1. The van der Waals surface area contributed by atoms with Gasteiger partial charge in [-0.05, 0) is 36.7 Å². The number of aryl methyl sites for hydroxylation is 1. The predicted molar refractivity (Wildman–Crippen MR) is 82.1 cm³/mol. The first-order valence-corrected chi connectivity index (χ1v) is 7.65. The van der Waals surface area contributed by atoms with Crippen LogP contribution in [0.5, 0.6) is 0 Å². The highest BCUT2D eigenvalue weighted by molar-refractivity contribution is 9.10. The fourth-order valence-corrected chi connectivity index (χ4v) is 2.80. The molecule has 0 spiro atoms. The van der Waals surface area contributed by atoms with Crippen molar-refractivity contribution in [1.29, 1.82) is 0 Å². The van der Waals surface area contributed by atoms with Gasteiger partial charge in [-0.15, -0.1) is 0 Å². The van der Waals surface area contributed by atoms with E-state index in [9.17, 15) is 4.39 Å². The Morgan fingerprint density at radius 1 is 1.35 bits per heavy atom. The maximum atomic E-state index is 13.6. The van der Waals surface area contributed by atoms with Crippen LogP contribution < -0.4 is 5.32 Å². The van der Waals surface area contributed by atoms with Gasteiger partial charge in [-0.2, -0.15) is 0 Å². The Morgan fingerprint density at radius 2 is 2.15 bits per heavy atom. The second-order valence-corrected chi connectivity index (χ2v) is 5.59. The van der Waals surface area contributed by atoms with Gasteiger partial charge in [0, 0.05) is 23.4 Å². The molecule has 0 saturated carbocycles. The monoisotopic (exact) mass is 339 g/mol. The van der Waals surface area contributed by atoms with Gasteiger partial charge in [0.1, 0.15) is 11.6 Å². The van der Waals surface area contributed by atoms with E-state index in [1.807, 2.05) is 19.2 Å². The fraction of sp³-hybridized carbons (Fsp3) is 0.400. The highest BCUT2D eigenvalue weighted by Crippen LogP contribution is 2.25. The molecule has 0 aliphatic rings. The molecule has 108 valence electrons. The maximum Gasteiger partial charge on any atom is 0.130 e. The topological polar surface area (TPSA) is 29.9 Å². The van der Waals surface area contributed by atoms with Crippen molar-refractivity contribution >= 4 is 15.9 Å². The summed E-state index contributed by atoms with van der Waals surface area (Å²) in [4.78, 5) is 4.45. The number of hydrogen-bond acceptors (Lipinski definition) is 2. The van der Waals surface area contributed by atoms with E-state index >= 15 is 0 Å². The average Bonchev–Trinajstić information content (AvgIpc) is 2.83. The SMILES string of the molecule is CCCn1ccnc1C(NCC)c1cc(F)cc(Br)c1. The fourth-order valence-electron chi connectivity index (χ4n) is 2.32. The Kier molecular flexibility index (Phi) is 5.31. The molecule has 0 aliphatic carbocycles. The molecule has 20 heavy (non-hydrogen) atoms. The summed E-state index contributed by atoms with van der Waals surface area (Å²) < 4.78 is 16.5. The van der Waals surface area contributed by atoms with Crippen LogP contribution in [0.25, 0.3) is 0 Å². The van der Waals surface area contributed by atoms with E-state index in [-0.39, 0.29) is 11.9 Å². The zero-order valence-corrected chi connectivity index (χ0v) is 13.3. The second-order valence-electron chi connectivity index (χ2n) is 4.67. The molecule has 1 N–H and O–H groups in total. The molecule has 0 aliphatic heterocycles. The first-order valence-electron chi connectivity index (χ1n) is 6.86. The summed E-state index contributed by atoms with van der Waals surface area (Å²) in [6.07, 6.45) is 4.80. The van der Waals surface area contributed by atoms with Gasteiger partial charge in [-0.3, -0.25) is 0 Å². The van der Waals surface area contributed by atoms with Gasteiger partial charge >= 0.3 is 0 Å². The predicted octanol–water partition coefficient (Wildman–Crippen LogP) is 3.89. The summed E-state index contributed by atoms with van der Waals surface area (Å²) in [5.41, 5.74) is 0.877. The summed E-state index contributed by atoms with van der Waals surface area (Å²) in [6, 6.07) is 4.85. The van der Waals surface area contributed by atoms with E-state index in [1.165, 1.54) is 6.07 Å². The van der Waals surface area contributed by atoms with Crippen LogP contribution in [0.3, 0.4) is 0 Å². The van der Waals surface area contributed by atoms with Crippen molar-refractivity contribution in [3.63, 3.8) is 0 Å². The summed E-state index contributed by atoms with van der Waals surface area (Å²) in [7, 11) is 0. The number of imidazole rings is 1. The Labute approximate surface area is 127 Å². The quantitative estimate of drug-likeness (QED) is 0.865. The van der Waals surface area contributed by atoms with Gasteiger partial charge in [-0.25, -0.2) is 9.37 Å². The van der Waals surface area contributed by atoms with Gasteiger partial charge in [0.2, 0.25) is 0 Å². The molecule has 1 unspecified atom stereocenters. The summed E-state index contributed by atoms with van der Waals surface area (Å²) >= 11 is 3.35. The van der Waals surface area contributed by atoms with Crippen LogP contribution in [0, 0.1) is 5.82 Å². The van der Waals surface area contributed by atoms with E-state index in [2.05, 4.69) is 37.7 Å². The number of nitrogens with zero attached hydrogens (tertiary/aromatic N) is 2. The first-order chi connectivity index (χ1) is 9.65. The lowest BCUT2D eigenvalue weighted by molar-refractivity contribution is 0.539. The molecule has 0 amide bonds. The molecule has 2 aromatic rings. The zero-order chi connectivity index (χ0) is 14.5. The van der Waals surface area contributed by atoms with Gasteiger partial charge in [0.05, 0.1) is 6.04 Å². The lowest BCUT2D eigenvalue weighted by Crippen LogP contribution is -2.25. The molecule has 5 heteroatoms. The molecule has 1 atom stereocenters. The summed E-state index contributed by atoms with van der Waals surface area (Å²) in [5, 5.41) is 3.38. The third kappa shape index (κ3) is 3.46. The Hall–Kier alpha value is -1.20. The Bertz CT molecular complexity index is 548. The molecule has 2 rings (SSSR count). The van der Waals surface area contributed by atoms with Crippen molar-refractivity contribution in [2.75, 3.05) is 6.54 Å². The number of rotatable bonds is 6. The number of aromatic nitrogens is 2. The molecule has 0 bridgehead atoms. The van der Waals surface area contributed by atoms with Crippen molar-refractivity contribution < 1.29 is 4.39 Å². The van der Waals surface area contributed by atoms with Gasteiger partial charge in [-0.1, -0.05) is 29.8 Å². The van der Waals surface area contributed by atoms with Crippen LogP contribution in [-0.2, 0) is 6.54 Å². The smallest absolute Gasteiger partial charge is 0.130 e. The third-order valence-electron chi connectivity index (χ3n) is 3.10. The number of hydrogen-bond donors (Lipinski definition) is 1. The summed E-state index contributed by atoms with van der Waals surface area (Å²) in [5.74, 6) is 0.678. The number of nitrogens with one attached hydrogen (secondary N) is 1. The van der Waals surface area contributed by atoms with Crippen LogP contribution in [0.4, 0.5) is 4.39 Å². The van der Waals surface area contributed by atoms with Gasteiger partial charge < -0.3 is 9.88 Å². The van der Waals surface area contributed by atoms with Crippen molar-refractivity contribution in [2.45, 2.75) is 32.9 Å². The second kappa shape index (κ2) is 6.99. The standard InChI is InChI=1S/C15H19BrFN3/c1-3-6-20-7-5-19-15(20)14(18-4-2)11-8-12(16)10-13(17)9-11/h5,7-10,14,18H,3-4,6H2,1-2H3. The molecule has 1 heterocycles. The Morgan fingerprint density at radius 3 is 2.80 bits per heavy atom. The molecule has 1 aromatic carbocycles. The molecule has 1 aromatic heterocycles. The minimum absolute atomic E-state index is 0.103. The van der Waals surface area contributed by atoms with Crippen LogP contribution in [0.1, 0.15) is 37.7 Å². The van der Waals surface area contributed by atoms with E-state index in [1.54, 1.807) is 12.3 Å². The molecule has 3 nitrogen and oxygen atoms in total. The van der Waals surface area contributed by atoms with E-state index in [0.29, 0.717) is 0 Å². The highest BCUT2D eigenvalue weighted by Gasteiger charge is 2.19. The number of halogens is 2. The summed E-state index contributed by atoms with van der Waals surface area (Å²) in [6.45, 7) is 5.87. The van der Waals surface area contributed by atoms with Gasteiger partial charge in [0.15, 0.2) is 0 Å². The van der Waals surface area contributed by atoms with Crippen LogP contribution in [0.2, 0.25) is 0 Å². The highest BCUT2D eigenvalue weighted by atomic mass is 79.9. The van der Waals surface area contributed by atoms with E-state index in [0.717, 1.165) is 35.4 Å².